The second-order valence-corrected chi connectivity index (χ2v) is 4.17. The van der Waals surface area contributed by atoms with Gasteiger partial charge in [-0.15, -0.1) is 0 Å². The van der Waals surface area contributed by atoms with Crippen molar-refractivity contribution in [3.05, 3.63) is 35.3 Å². The van der Waals surface area contributed by atoms with E-state index in [9.17, 15) is 14.3 Å². The van der Waals surface area contributed by atoms with Crippen LogP contribution in [0.3, 0.4) is 0 Å². The number of carboxylic acid groups (broad SMARTS) is 1. The Labute approximate surface area is 103 Å². The molecule has 0 saturated carbocycles. The van der Waals surface area contributed by atoms with E-state index in [1.165, 1.54) is 12.1 Å². The van der Waals surface area contributed by atoms with Gasteiger partial charge in [0, 0.05) is 24.1 Å². The first-order valence-electron chi connectivity index (χ1n) is 5.68. The van der Waals surface area contributed by atoms with Gasteiger partial charge >= 0.3 is 5.97 Å². The highest BCUT2D eigenvalue weighted by Crippen LogP contribution is 2.26. The van der Waals surface area contributed by atoms with Crippen molar-refractivity contribution in [1.82, 2.24) is 4.57 Å². The average molecular weight is 251 g/mol. The highest BCUT2D eigenvalue weighted by Gasteiger charge is 2.19. The van der Waals surface area contributed by atoms with Gasteiger partial charge in [-0.25, -0.2) is 9.18 Å². The first-order valence-corrected chi connectivity index (χ1v) is 5.68. The van der Waals surface area contributed by atoms with Crippen LogP contribution in [0.15, 0.2) is 18.2 Å². The number of aryl methyl sites for hydroxylation is 2. The average Bonchev–Trinajstić information content (AvgIpc) is 2.59. The van der Waals surface area contributed by atoms with E-state index < -0.39 is 5.97 Å². The molecule has 96 valence electrons. The molecule has 0 aliphatic carbocycles. The summed E-state index contributed by atoms with van der Waals surface area (Å²) in [4.78, 5) is 11.3. The Kier molecular flexibility index (Phi) is 3.34. The van der Waals surface area contributed by atoms with Crippen molar-refractivity contribution < 1.29 is 19.4 Å². The summed E-state index contributed by atoms with van der Waals surface area (Å²) in [5, 5.41) is 18.7. The third-order valence-electron chi connectivity index (χ3n) is 3.02. The van der Waals surface area contributed by atoms with Gasteiger partial charge in [0.05, 0.1) is 0 Å². The number of aliphatic hydroxyl groups excluding tert-OH is 1. The smallest absolute Gasteiger partial charge is 0.352 e. The molecule has 0 amide bonds. The maximum atomic E-state index is 13.2. The lowest BCUT2D eigenvalue weighted by Gasteiger charge is -2.07. The molecule has 0 bridgehead atoms. The summed E-state index contributed by atoms with van der Waals surface area (Å²) in [6, 6.07) is 4.22. The van der Waals surface area contributed by atoms with Gasteiger partial charge in [0.1, 0.15) is 11.5 Å². The standard InChI is InChI=1S/C13H14FNO3/c1-8-10-7-9(14)3-4-11(10)15(5-2-6-16)12(8)13(17)18/h3-4,7,16H,2,5-6H2,1H3,(H,17,18). The molecule has 0 spiro atoms. The van der Waals surface area contributed by atoms with Gasteiger partial charge < -0.3 is 14.8 Å². The number of aromatic nitrogens is 1. The topological polar surface area (TPSA) is 62.5 Å². The lowest BCUT2D eigenvalue weighted by Crippen LogP contribution is -2.10. The molecule has 0 saturated heterocycles. The molecule has 0 aliphatic rings. The molecule has 2 N–H and O–H groups in total. The van der Waals surface area contributed by atoms with Crippen LogP contribution in [0.1, 0.15) is 22.5 Å². The minimum absolute atomic E-state index is 0.0149. The van der Waals surface area contributed by atoms with Crippen molar-refractivity contribution in [2.24, 2.45) is 0 Å². The Balaban J connectivity index is 2.70. The summed E-state index contributed by atoms with van der Waals surface area (Å²) in [7, 11) is 0. The number of aliphatic hydroxyl groups is 1. The van der Waals surface area contributed by atoms with E-state index >= 15 is 0 Å². The van der Waals surface area contributed by atoms with Gasteiger partial charge in [0.15, 0.2) is 0 Å². The molecule has 2 rings (SSSR count). The maximum Gasteiger partial charge on any atom is 0.352 e. The van der Waals surface area contributed by atoms with Crippen LogP contribution in [0.4, 0.5) is 4.39 Å². The van der Waals surface area contributed by atoms with E-state index in [2.05, 4.69) is 0 Å². The number of nitrogens with zero attached hydrogens (tertiary/aromatic N) is 1. The number of hydrogen-bond acceptors (Lipinski definition) is 2. The lowest BCUT2D eigenvalue weighted by atomic mass is 10.1. The molecule has 2 aromatic rings. The molecular formula is C13H14FNO3. The van der Waals surface area contributed by atoms with Crippen LogP contribution < -0.4 is 0 Å². The van der Waals surface area contributed by atoms with Gasteiger partial charge in [-0.2, -0.15) is 0 Å². The van der Waals surface area contributed by atoms with E-state index in [0.717, 1.165) is 0 Å². The van der Waals surface area contributed by atoms with E-state index in [4.69, 9.17) is 5.11 Å². The molecule has 0 atom stereocenters. The Morgan fingerprint density at radius 1 is 1.44 bits per heavy atom. The van der Waals surface area contributed by atoms with Crippen molar-refractivity contribution in [3.8, 4) is 0 Å². The molecule has 0 fully saturated rings. The monoisotopic (exact) mass is 251 g/mol. The van der Waals surface area contributed by atoms with Crippen LogP contribution in [0, 0.1) is 12.7 Å². The summed E-state index contributed by atoms with van der Waals surface area (Å²) < 4.78 is 14.8. The number of rotatable bonds is 4. The molecule has 0 unspecified atom stereocenters. The number of carbonyl (C=O) groups is 1. The van der Waals surface area contributed by atoms with Crippen molar-refractivity contribution >= 4 is 16.9 Å². The van der Waals surface area contributed by atoms with Gasteiger partial charge in [-0.05, 0) is 37.1 Å². The Hall–Kier alpha value is -1.88. The van der Waals surface area contributed by atoms with E-state index in [-0.39, 0.29) is 18.1 Å². The molecule has 5 heteroatoms. The molecular weight excluding hydrogens is 237 g/mol. The zero-order valence-electron chi connectivity index (χ0n) is 9.98. The number of halogens is 1. The summed E-state index contributed by atoms with van der Waals surface area (Å²) in [5.74, 6) is -1.43. The summed E-state index contributed by atoms with van der Waals surface area (Å²) in [6.45, 7) is 2.05. The molecule has 18 heavy (non-hydrogen) atoms. The second kappa shape index (κ2) is 4.78. The third-order valence-corrected chi connectivity index (χ3v) is 3.02. The minimum atomic E-state index is -1.04. The van der Waals surface area contributed by atoms with E-state index in [0.29, 0.717) is 29.4 Å². The number of carboxylic acids is 1. The van der Waals surface area contributed by atoms with Crippen molar-refractivity contribution in [3.63, 3.8) is 0 Å². The molecule has 0 aliphatic heterocycles. The largest absolute Gasteiger partial charge is 0.477 e. The first-order chi connectivity index (χ1) is 8.56. The minimum Gasteiger partial charge on any atom is -0.477 e. The Bertz CT molecular complexity index is 604. The SMILES string of the molecule is Cc1c(C(=O)O)n(CCCO)c2ccc(F)cc12. The summed E-state index contributed by atoms with van der Waals surface area (Å²) in [5.41, 5.74) is 1.39. The second-order valence-electron chi connectivity index (χ2n) is 4.17. The predicted molar refractivity (Wildman–Crippen MR) is 65.3 cm³/mol. The zero-order valence-corrected chi connectivity index (χ0v) is 9.98. The normalized spacial score (nSPS) is 11.1. The van der Waals surface area contributed by atoms with Gasteiger partial charge in [-0.3, -0.25) is 0 Å². The fourth-order valence-electron chi connectivity index (χ4n) is 2.23. The quantitative estimate of drug-likeness (QED) is 0.875. The first kappa shape index (κ1) is 12.6. The van der Waals surface area contributed by atoms with Crippen LogP contribution in [0.25, 0.3) is 10.9 Å². The number of aromatic carboxylic acids is 1. The van der Waals surface area contributed by atoms with Gasteiger partial charge in [-0.1, -0.05) is 0 Å². The Morgan fingerprint density at radius 2 is 2.17 bits per heavy atom. The molecule has 0 radical (unpaired) electrons. The predicted octanol–water partition coefficient (Wildman–Crippen LogP) is 2.17. The highest BCUT2D eigenvalue weighted by atomic mass is 19.1. The molecule has 4 nitrogen and oxygen atoms in total. The molecule has 1 aromatic heterocycles. The van der Waals surface area contributed by atoms with Crippen LogP contribution in [-0.2, 0) is 6.54 Å². The lowest BCUT2D eigenvalue weighted by molar-refractivity contribution is 0.0684. The van der Waals surface area contributed by atoms with Crippen LogP contribution in [0.5, 0.6) is 0 Å². The van der Waals surface area contributed by atoms with E-state index in [1.54, 1.807) is 17.6 Å². The van der Waals surface area contributed by atoms with Crippen LogP contribution >= 0.6 is 0 Å². The number of hydrogen-bond donors (Lipinski definition) is 2. The summed E-state index contributed by atoms with van der Waals surface area (Å²) >= 11 is 0. The van der Waals surface area contributed by atoms with Crippen LogP contribution in [0.2, 0.25) is 0 Å². The molecule has 1 aromatic carbocycles. The highest BCUT2D eigenvalue weighted by molar-refractivity contribution is 5.98. The number of fused-ring (bicyclic) bond motifs is 1. The summed E-state index contributed by atoms with van der Waals surface area (Å²) in [6.07, 6.45) is 0.459. The number of benzene rings is 1. The van der Waals surface area contributed by atoms with E-state index in [1.807, 2.05) is 0 Å². The van der Waals surface area contributed by atoms with Crippen molar-refractivity contribution in [2.75, 3.05) is 6.61 Å². The van der Waals surface area contributed by atoms with Crippen molar-refractivity contribution in [1.29, 1.82) is 0 Å². The third kappa shape index (κ3) is 1.97. The Morgan fingerprint density at radius 3 is 2.78 bits per heavy atom. The van der Waals surface area contributed by atoms with Gasteiger partial charge in [0.2, 0.25) is 0 Å². The molecule has 1 heterocycles. The zero-order chi connectivity index (χ0) is 13.3. The maximum absolute atomic E-state index is 13.2. The van der Waals surface area contributed by atoms with Gasteiger partial charge in [0.25, 0.3) is 0 Å². The van der Waals surface area contributed by atoms with Crippen molar-refractivity contribution in [2.45, 2.75) is 19.9 Å². The fraction of sp³-hybridized carbons (Fsp3) is 0.308. The fourth-order valence-corrected chi connectivity index (χ4v) is 2.23. The van der Waals surface area contributed by atoms with Crippen LogP contribution in [-0.4, -0.2) is 27.4 Å².